The molecule has 2 aromatic rings. The van der Waals surface area contributed by atoms with Crippen LogP contribution in [0.4, 0.5) is 5.69 Å². The number of nitrogens with zero attached hydrogens (tertiary/aromatic N) is 1. The van der Waals surface area contributed by atoms with Crippen molar-refractivity contribution in [2.24, 2.45) is 0 Å². The highest BCUT2D eigenvalue weighted by Crippen LogP contribution is 2.21. The lowest BCUT2D eigenvalue weighted by Crippen LogP contribution is -2.30. The summed E-state index contributed by atoms with van der Waals surface area (Å²) in [6, 6.07) is 13.1. The first-order valence-corrected chi connectivity index (χ1v) is 6.22. The molecule has 1 saturated heterocycles. The summed E-state index contributed by atoms with van der Waals surface area (Å²) >= 11 is 5.22. The van der Waals surface area contributed by atoms with Crippen LogP contribution in [0.3, 0.4) is 0 Å². The van der Waals surface area contributed by atoms with Crippen molar-refractivity contribution in [1.29, 1.82) is 0 Å². The van der Waals surface area contributed by atoms with Crippen LogP contribution in [0, 0.1) is 0 Å². The lowest BCUT2D eigenvalue weighted by Gasteiger charge is -2.13. The number of aromatic nitrogens is 1. The van der Waals surface area contributed by atoms with Crippen LogP contribution in [0.1, 0.15) is 5.69 Å². The Morgan fingerprint density at radius 2 is 1.89 bits per heavy atom. The van der Waals surface area contributed by atoms with Crippen molar-refractivity contribution in [1.82, 2.24) is 10.3 Å². The van der Waals surface area contributed by atoms with Gasteiger partial charge < -0.3 is 10.3 Å². The number of carbonyl (C=O) groups excluding carboxylic acids is 1. The average molecular weight is 269 g/mol. The first kappa shape index (κ1) is 11.7. The van der Waals surface area contributed by atoms with Crippen molar-refractivity contribution in [3.05, 3.63) is 60.1 Å². The molecule has 19 heavy (non-hydrogen) atoms. The number of benzene rings is 1. The minimum absolute atomic E-state index is 0.147. The Hall–Kier alpha value is -2.40. The lowest BCUT2D eigenvalue weighted by molar-refractivity contribution is -0.113. The molecule has 1 fully saturated rings. The zero-order chi connectivity index (χ0) is 13.2. The second kappa shape index (κ2) is 4.70. The van der Waals surface area contributed by atoms with Gasteiger partial charge in [0, 0.05) is 11.9 Å². The van der Waals surface area contributed by atoms with Gasteiger partial charge in [0.25, 0.3) is 5.91 Å². The van der Waals surface area contributed by atoms with Crippen LogP contribution in [-0.4, -0.2) is 16.0 Å². The first-order valence-electron chi connectivity index (χ1n) is 5.81. The normalized spacial score (nSPS) is 17.1. The molecule has 0 saturated carbocycles. The molecule has 0 atom stereocenters. The highest BCUT2D eigenvalue weighted by atomic mass is 32.1. The molecule has 1 aromatic carbocycles. The average Bonchev–Trinajstić information content (AvgIpc) is 3.01. The van der Waals surface area contributed by atoms with E-state index in [0.717, 1.165) is 11.4 Å². The van der Waals surface area contributed by atoms with E-state index in [2.05, 4.69) is 10.3 Å². The monoisotopic (exact) mass is 269 g/mol. The van der Waals surface area contributed by atoms with Crippen LogP contribution in [0.25, 0.3) is 6.08 Å². The summed E-state index contributed by atoms with van der Waals surface area (Å²) in [6.07, 6.45) is 3.55. The largest absolute Gasteiger partial charge is 0.362 e. The van der Waals surface area contributed by atoms with Gasteiger partial charge >= 0.3 is 0 Å². The predicted octanol–water partition coefficient (Wildman–Crippen LogP) is 2.28. The standard InChI is InChI=1S/C14H11N3OS/c18-13-12(9-10-5-4-8-15-10)16-14(19)17(13)11-6-2-1-3-7-11/h1-9,15H,(H,16,19)/b12-9-. The molecule has 2 heterocycles. The molecule has 0 bridgehead atoms. The van der Waals surface area contributed by atoms with E-state index in [1.807, 2.05) is 42.5 Å². The Balaban J connectivity index is 1.94. The minimum Gasteiger partial charge on any atom is -0.362 e. The molecule has 1 aliphatic rings. The fourth-order valence-corrected chi connectivity index (χ4v) is 2.23. The van der Waals surface area contributed by atoms with E-state index < -0.39 is 0 Å². The number of nitrogens with one attached hydrogen (secondary N) is 2. The molecule has 1 aliphatic heterocycles. The first-order chi connectivity index (χ1) is 9.25. The Morgan fingerprint density at radius 1 is 1.11 bits per heavy atom. The SMILES string of the molecule is O=C1/C(=C/c2ccc[nH]2)NC(=S)N1c1ccccc1. The zero-order valence-electron chi connectivity index (χ0n) is 9.96. The van der Waals surface area contributed by atoms with Crippen LogP contribution in [0.15, 0.2) is 54.4 Å². The predicted molar refractivity (Wildman–Crippen MR) is 78.4 cm³/mol. The molecule has 3 rings (SSSR count). The molecule has 0 aliphatic carbocycles. The summed E-state index contributed by atoms with van der Waals surface area (Å²) in [5.74, 6) is -0.147. The highest BCUT2D eigenvalue weighted by Gasteiger charge is 2.31. The number of para-hydroxylation sites is 1. The van der Waals surface area contributed by atoms with Crippen LogP contribution < -0.4 is 10.2 Å². The van der Waals surface area contributed by atoms with E-state index in [0.29, 0.717) is 10.8 Å². The number of rotatable bonds is 2. The number of H-pyrrole nitrogens is 1. The van der Waals surface area contributed by atoms with E-state index in [9.17, 15) is 4.79 Å². The third-order valence-electron chi connectivity index (χ3n) is 2.81. The molecular formula is C14H11N3OS. The van der Waals surface area contributed by atoms with Gasteiger partial charge in [-0.15, -0.1) is 0 Å². The van der Waals surface area contributed by atoms with Crippen molar-refractivity contribution in [3.63, 3.8) is 0 Å². The molecule has 5 heteroatoms. The Morgan fingerprint density at radius 3 is 2.58 bits per heavy atom. The smallest absolute Gasteiger partial charge is 0.281 e. The maximum atomic E-state index is 12.3. The summed E-state index contributed by atoms with van der Waals surface area (Å²) in [4.78, 5) is 16.9. The number of amides is 1. The van der Waals surface area contributed by atoms with Crippen LogP contribution in [0.5, 0.6) is 0 Å². The van der Waals surface area contributed by atoms with Crippen molar-refractivity contribution in [2.45, 2.75) is 0 Å². The lowest BCUT2D eigenvalue weighted by atomic mass is 10.3. The summed E-state index contributed by atoms with van der Waals surface area (Å²) < 4.78 is 0. The Kier molecular flexibility index (Phi) is 2.89. The van der Waals surface area contributed by atoms with Gasteiger partial charge in [0.15, 0.2) is 5.11 Å². The molecule has 2 N–H and O–H groups in total. The fraction of sp³-hybridized carbons (Fsp3) is 0. The number of anilines is 1. The second-order valence-electron chi connectivity index (χ2n) is 4.09. The van der Waals surface area contributed by atoms with Gasteiger partial charge in [-0.1, -0.05) is 18.2 Å². The summed E-state index contributed by atoms with van der Waals surface area (Å²) in [6.45, 7) is 0. The van der Waals surface area contributed by atoms with Gasteiger partial charge in [-0.3, -0.25) is 9.69 Å². The number of aromatic amines is 1. The quantitative estimate of drug-likeness (QED) is 0.649. The summed E-state index contributed by atoms with van der Waals surface area (Å²) in [5.41, 5.74) is 2.09. The third-order valence-corrected chi connectivity index (χ3v) is 3.10. The Bertz CT molecular complexity index is 647. The summed E-state index contributed by atoms with van der Waals surface area (Å²) in [5, 5.41) is 3.34. The third kappa shape index (κ3) is 2.15. The van der Waals surface area contributed by atoms with E-state index >= 15 is 0 Å². The van der Waals surface area contributed by atoms with Crippen molar-refractivity contribution in [2.75, 3.05) is 4.90 Å². The fourth-order valence-electron chi connectivity index (χ4n) is 1.94. The van der Waals surface area contributed by atoms with E-state index in [1.54, 1.807) is 12.3 Å². The van der Waals surface area contributed by atoms with Gasteiger partial charge in [0.05, 0.1) is 5.69 Å². The number of carbonyl (C=O) groups is 1. The van der Waals surface area contributed by atoms with Crippen LogP contribution in [0.2, 0.25) is 0 Å². The topological polar surface area (TPSA) is 48.1 Å². The molecule has 94 valence electrons. The molecule has 0 radical (unpaired) electrons. The maximum Gasteiger partial charge on any atom is 0.281 e. The molecular weight excluding hydrogens is 258 g/mol. The number of thiocarbonyl (C=S) groups is 1. The number of hydrogen-bond acceptors (Lipinski definition) is 2. The van der Waals surface area contributed by atoms with Gasteiger partial charge in [0.2, 0.25) is 0 Å². The summed E-state index contributed by atoms with van der Waals surface area (Å²) in [7, 11) is 0. The van der Waals surface area contributed by atoms with Crippen molar-refractivity contribution in [3.8, 4) is 0 Å². The second-order valence-corrected chi connectivity index (χ2v) is 4.48. The van der Waals surface area contributed by atoms with Crippen molar-refractivity contribution >= 4 is 35.0 Å². The van der Waals surface area contributed by atoms with E-state index in [-0.39, 0.29) is 5.91 Å². The van der Waals surface area contributed by atoms with Gasteiger partial charge in [0.1, 0.15) is 5.70 Å². The van der Waals surface area contributed by atoms with Crippen molar-refractivity contribution < 1.29 is 4.79 Å². The molecule has 0 unspecified atom stereocenters. The van der Waals surface area contributed by atoms with Crippen LogP contribution in [-0.2, 0) is 4.79 Å². The van der Waals surface area contributed by atoms with Gasteiger partial charge in [-0.2, -0.15) is 0 Å². The minimum atomic E-state index is -0.147. The van der Waals surface area contributed by atoms with Gasteiger partial charge in [-0.05, 0) is 42.6 Å². The maximum absolute atomic E-state index is 12.3. The molecule has 0 spiro atoms. The van der Waals surface area contributed by atoms with Gasteiger partial charge in [-0.25, -0.2) is 0 Å². The Labute approximate surface area is 115 Å². The molecule has 1 aromatic heterocycles. The van der Waals surface area contributed by atoms with Crippen LogP contribution >= 0.6 is 12.2 Å². The highest BCUT2D eigenvalue weighted by molar-refractivity contribution is 7.80. The zero-order valence-corrected chi connectivity index (χ0v) is 10.8. The molecule has 1 amide bonds. The number of hydrogen-bond donors (Lipinski definition) is 2. The molecule has 4 nitrogen and oxygen atoms in total. The van der Waals surface area contributed by atoms with E-state index in [4.69, 9.17) is 12.2 Å². The van der Waals surface area contributed by atoms with E-state index in [1.165, 1.54) is 4.90 Å².